The van der Waals surface area contributed by atoms with Crippen LogP contribution in [0.4, 0.5) is 0 Å². The predicted octanol–water partition coefficient (Wildman–Crippen LogP) is 1.88. The van der Waals surface area contributed by atoms with Crippen molar-refractivity contribution in [2.45, 2.75) is 19.8 Å². The molecule has 0 atom stereocenters. The lowest BCUT2D eigenvalue weighted by Crippen LogP contribution is -2.09. The first-order valence-corrected chi connectivity index (χ1v) is 5.65. The maximum Gasteiger partial charge on any atom is 0.333 e. The zero-order valence-corrected chi connectivity index (χ0v) is 10.1. The molecule has 0 bridgehead atoms. The van der Waals surface area contributed by atoms with Gasteiger partial charge in [0, 0.05) is 18.6 Å². The molecule has 17 heavy (non-hydrogen) atoms. The molecule has 1 N–H and O–H groups in total. The van der Waals surface area contributed by atoms with Crippen LogP contribution >= 0.6 is 0 Å². The number of ether oxygens (including phenoxy) is 1. The van der Waals surface area contributed by atoms with Crippen LogP contribution in [0.15, 0.2) is 36.4 Å². The summed E-state index contributed by atoms with van der Waals surface area (Å²) in [6, 6.07) is 7.84. The van der Waals surface area contributed by atoms with Gasteiger partial charge in [-0.05, 0) is 24.5 Å². The van der Waals surface area contributed by atoms with Gasteiger partial charge in [0.05, 0.1) is 6.61 Å². The summed E-state index contributed by atoms with van der Waals surface area (Å²) in [5.41, 5.74) is 2.62. The zero-order valence-electron chi connectivity index (χ0n) is 10.1. The monoisotopic (exact) mass is 234 g/mol. The molecule has 1 aromatic carbocycles. The van der Waals surface area contributed by atoms with Crippen molar-refractivity contribution in [2.24, 2.45) is 0 Å². The van der Waals surface area contributed by atoms with Crippen LogP contribution in [0, 0.1) is 0 Å². The van der Waals surface area contributed by atoms with Gasteiger partial charge in [0.2, 0.25) is 0 Å². The van der Waals surface area contributed by atoms with Gasteiger partial charge in [-0.1, -0.05) is 30.8 Å². The van der Waals surface area contributed by atoms with E-state index in [1.165, 1.54) is 0 Å². The van der Waals surface area contributed by atoms with Crippen LogP contribution in [0.25, 0.3) is 0 Å². The molecule has 0 radical (unpaired) electrons. The number of esters is 1. The summed E-state index contributed by atoms with van der Waals surface area (Å²) in [7, 11) is 0. The fourth-order valence-corrected chi connectivity index (χ4v) is 1.54. The van der Waals surface area contributed by atoms with Gasteiger partial charge < -0.3 is 9.84 Å². The first-order chi connectivity index (χ1) is 8.15. The Kier molecular flexibility index (Phi) is 5.43. The highest BCUT2D eigenvalue weighted by molar-refractivity contribution is 5.86. The van der Waals surface area contributed by atoms with Crippen LogP contribution in [0.1, 0.15) is 18.1 Å². The highest BCUT2D eigenvalue weighted by atomic mass is 16.5. The Morgan fingerprint density at radius 2 is 1.88 bits per heavy atom. The third kappa shape index (κ3) is 4.41. The number of benzene rings is 1. The average Bonchev–Trinajstić information content (AvgIpc) is 2.31. The SMILES string of the molecule is C=C(C)C(=O)OCCc1ccccc1CCO. The van der Waals surface area contributed by atoms with Gasteiger partial charge in [0.1, 0.15) is 0 Å². The molecule has 0 aliphatic heterocycles. The average molecular weight is 234 g/mol. The van der Waals surface area contributed by atoms with E-state index in [1.54, 1.807) is 6.92 Å². The van der Waals surface area contributed by atoms with Crippen molar-refractivity contribution in [3.63, 3.8) is 0 Å². The molecule has 1 rings (SSSR count). The molecule has 0 spiro atoms. The summed E-state index contributed by atoms with van der Waals surface area (Å²) in [5.74, 6) is -0.357. The maximum atomic E-state index is 11.2. The lowest BCUT2D eigenvalue weighted by Gasteiger charge is -2.08. The van der Waals surface area contributed by atoms with E-state index in [1.807, 2.05) is 24.3 Å². The quantitative estimate of drug-likeness (QED) is 0.604. The first-order valence-electron chi connectivity index (χ1n) is 5.65. The van der Waals surface area contributed by atoms with Crippen molar-refractivity contribution >= 4 is 5.97 Å². The Morgan fingerprint density at radius 1 is 1.29 bits per heavy atom. The van der Waals surface area contributed by atoms with Gasteiger partial charge in [0.15, 0.2) is 0 Å². The lowest BCUT2D eigenvalue weighted by molar-refractivity contribution is -0.138. The zero-order chi connectivity index (χ0) is 12.7. The molecule has 92 valence electrons. The molecule has 0 aliphatic carbocycles. The summed E-state index contributed by atoms with van der Waals surface area (Å²) in [5, 5.41) is 8.93. The molecule has 0 aliphatic rings. The normalized spacial score (nSPS) is 10.0. The van der Waals surface area contributed by atoms with E-state index in [-0.39, 0.29) is 12.6 Å². The van der Waals surface area contributed by atoms with Crippen molar-refractivity contribution in [1.82, 2.24) is 0 Å². The van der Waals surface area contributed by atoms with Crippen molar-refractivity contribution in [3.05, 3.63) is 47.5 Å². The van der Waals surface area contributed by atoms with E-state index < -0.39 is 0 Å². The van der Waals surface area contributed by atoms with Crippen LogP contribution in [0.2, 0.25) is 0 Å². The van der Waals surface area contributed by atoms with E-state index >= 15 is 0 Å². The van der Waals surface area contributed by atoms with Crippen LogP contribution < -0.4 is 0 Å². The van der Waals surface area contributed by atoms with E-state index in [0.29, 0.717) is 25.0 Å². The topological polar surface area (TPSA) is 46.5 Å². The summed E-state index contributed by atoms with van der Waals surface area (Å²) >= 11 is 0. The number of hydrogen-bond acceptors (Lipinski definition) is 3. The summed E-state index contributed by atoms with van der Waals surface area (Å²) in [4.78, 5) is 11.2. The molecule has 3 heteroatoms. The number of aliphatic hydroxyl groups is 1. The van der Waals surface area contributed by atoms with Crippen molar-refractivity contribution in [1.29, 1.82) is 0 Å². The van der Waals surface area contributed by atoms with Crippen LogP contribution in [0.3, 0.4) is 0 Å². The van der Waals surface area contributed by atoms with Crippen LogP contribution in [-0.2, 0) is 22.4 Å². The van der Waals surface area contributed by atoms with Gasteiger partial charge in [0.25, 0.3) is 0 Å². The predicted molar refractivity (Wildman–Crippen MR) is 66.7 cm³/mol. The van der Waals surface area contributed by atoms with Crippen molar-refractivity contribution in [2.75, 3.05) is 13.2 Å². The number of aliphatic hydroxyl groups excluding tert-OH is 1. The minimum Gasteiger partial charge on any atom is -0.462 e. The second kappa shape index (κ2) is 6.86. The molecule has 1 aromatic rings. The Bertz CT molecular complexity index is 396. The van der Waals surface area contributed by atoms with Crippen molar-refractivity contribution < 1.29 is 14.6 Å². The van der Waals surface area contributed by atoms with E-state index in [4.69, 9.17) is 9.84 Å². The Hall–Kier alpha value is -1.61. The minimum absolute atomic E-state index is 0.128. The largest absolute Gasteiger partial charge is 0.462 e. The number of hydrogen-bond donors (Lipinski definition) is 1. The third-order valence-electron chi connectivity index (χ3n) is 2.45. The highest BCUT2D eigenvalue weighted by Gasteiger charge is 2.05. The molecule has 0 unspecified atom stereocenters. The summed E-state index contributed by atoms with van der Waals surface area (Å²) < 4.78 is 5.04. The first kappa shape index (κ1) is 13.5. The maximum absolute atomic E-state index is 11.2. The second-order valence-corrected chi connectivity index (χ2v) is 3.91. The molecule has 0 heterocycles. The number of carbonyl (C=O) groups excluding carboxylic acids is 1. The number of rotatable bonds is 6. The molecule has 0 aromatic heterocycles. The molecular weight excluding hydrogens is 216 g/mol. The molecule has 0 saturated heterocycles. The van der Waals surface area contributed by atoms with Crippen LogP contribution in [0.5, 0.6) is 0 Å². The third-order valence-corrected chi connectivity index (χ3v) is 2.45. The summed E-state index contributed by atoms with van der Waals surface area (Å²) in [6.45, 7) is 5.62. The second-order valence-electron chi connectivity index (χ2n) is 3.91. The smallest absolute Gasteiger partial charge is 0.333 e. The molecule has 0 fully saturated rings. The van der Waals surface area contributed by atoms with E-state index in [9.17, 15) is 4.79 Å². The highest BCUT2D eigenvalue weighted by Crippen LogP contribution is 2.10. The Morgan fingerprint density at radius 3 is 2.41 bits per heavy atom. The number of carbonyl (C=O) groups is 1. The Labute approximate surface area is 102 Å². The molecular formula is C14H18O3. The molecule has 3 nitrogen and oxygen atoms in total. The van der Waals surface area contributed by atoms with Crippen LogP contribution in [-0.4, -0.2) is 24.3 Å². The molecule has 0 amide bonds. The van der Waals surface area contributed by atoms with Gasteiger partial charge in [-0.25, -0.2) is 4.79 Å². The fourth-order valence-electron chi connectivity index (χ4n) is 1.54. The standard InChI is InChI=1S/C14H18O3/c1-11(2)14(16)17-10-8-13-6-4-3-5-12(13)7-9-15/h3-6,15H,1,7-10H2,2H3. The fraction of sp³-hybridized carbons (Fsp3) is 0.357. The van der Waals surface area contributed by atoms with E-state index in [2.05, 4.69) is 6.58 Å². The van der Waals surface area contributed by atoms with Gasteiger partial charge >= 0.3 is 5.97 Å². The van der Waals surface area contributed by atoms with Gasteiger partial charge in [-0.2, -0.15) is 0 Å². The minimum atomic E-state index is -0.357. The van der Waals surface area contributed by atoms with E-state index in [0.717, 1.165) is 11.1 Å². The summed E-state index contributed by atoms with van der Waals surface area (Å²) in [6.07, 6.45) is 1.29. The van der Waals surface area contributed by atoms with Crippen molar-refractivity contribution in [3.8, 4) is 0 Å². The molecule has 0 saturated carbocycles. The Balaban J connectivity index is 2.51. The van der Waals surface area contributed by atoms with Gasteiger partial charge in [-0.3, -0.25) is 0 Å². The lowest BCUT2D eigenvalue weighted by atomic mass is 10.0. The van der Waals surface area contributed by atoms with Gasteiger partial charge in [-0.15, -0.1) is 0 Å².